The average molecular weight is 301 g/mol. The Labute approximate surface area is 118 Å². The van der Waals surface area contributed by atoms with E-state index in [1.54, 1.807) is 19.1 Å². The van der Waals surface area contributed by atoms with Crippen LogP contribution in [0.15, 0.2) is 29.2 Å². The fourth-order valence-corrected chi connectivity index (χ4v) is 2.17. The summed E-state index contributed by atoms with van der Waals surface area (Å²) in [4.78, 5) is 11.4. The van der Waals surface area contributed by atoms with Crippen molar-refractivity contribution in [2.75, 3.05) is 24.7 Å². The minimum absolute atomic E-state index is 0.0811. The van der Waals surface area contributed by atoms with Crippen molar-refractivity contribution in [3.63, 3.8) is 0 Å². The number of benzene rings is 1. The Morgan fingerprint density at radius 2 is 1.95 bits per heavy atom. The summed E-state index contributed by atoms with van der Waals surface area (Å²) in [5, 5.41) is 12.6. The first-order chi connectivity index (χ1) is 9.32. The van der Waals surface area contributed by atoms with Crippen LogP contribution in [0.25, 0.3) is 0 Å². The average Bonchev–Trinajstić information content (AvgIpc) is 2.36. The van der Waals surface area contributed by atoms with Gasteiger partial charge in [0.1, 0.15) is 0 Å². The molecule has 1 rings (SSSR count). The molecule has 0 bridgehead atoms. The maximum atomic E-state index is 11.3. The Morgan fingerprint density at radius 1 is 1.35 bits per heavy atom. The first-order valence-electron chi connectivity index (χ1n) is 6.20. The number of aliphatic hydroxyl groups is 1. The van der Waals surface area contributed by atoms with Crippen molar-refractivity contribution in [2.24, 2.45) is 0 Å². The highest BCUT2D eigenvalue weighted by Gasteiger charge is 2.11. The summed E-state index contributed by atoms with van der Waals surface area (Å²) in [6, 6.07) is 6.17. The third-order valence-corrected chi connectivity index (χ3v) is 3.66. The van der Waals surface area contributed by atoms with Gasteiger partial charge in [-0.3, -0.25) is 4.79 Å². The van der Waals surface area contributed by atoms with Gasteiger partial charge >= 0.3 is 5.97 Å². The molecule has 0 aliphatic rings. The molecule has 6 nitrogen and oxygen atoms in total. The molecule has 7 heteroatoms. The van der Waals surface area contributed by atoms with Crippen LogP contribution in [-0.2, 0) is 19.4 Å². The molecule has 0 heterocycles. The Balaban J connectivity index is 2.48. The van der Waals surface area contributed by atoms with Crippen molar-refractivity contribution in [1.82, 2.24) is 0 Å². The number of ether oxygens (including phenoxy) is 1. The summed E-state index contributed by atoms with van der Waals surface area (Å²) in [7, 11) is -3.21. The number of carbonyl (C=O) groups is 1. The maximum absolute atomic E-state index is 11.3. The van der Waals surface area contributed by atoms with Gasteiger partial charge in [-0.15, -0.1) is 0 Å². The Kier molecular flexibility index (Phi) is 5.97. The lowest BCUT2D eigenvalue weighted by Gasteiger charge is -2.12. The number of rotatable bonds is 7. The van der Waals surface area contributed by atoms with Gasteiger partial charge in [0.05, 0.1) is 24.0 Å². The second kappa shape index (κ2) is 7.25. The number of sulfone groups is 1. The third-order valence-electron chi connectivity index (χ3n) is 2.53. The van der Waals surface area contributed by atoms with Gasteiger partial charge in [0.15, 0.2) is 9.84 Å². The molecule has 0 saturated heterocycles. The lowest BCUT2D eigenvalue weighted by molar-refractivity contribution is -0.145. The largest absolute Gasteiger partial charge is 0.466 e. The van der Waals surface area contributed by atoms with E-state index in [0.29, 0.717) is 5.69 Å². The van der Waals surface area contributed by atoms with E-state index in [-0.39, 0.29) is 24.5 Å². The second-order valence-corrected chi connectivity index (χ2v) is 6.36. The number of aliphatic hydroxyl groups excluding tert-OH is 1. The molecule has 1 aromatic rings. The van der Waals surface area contributed by atoms with Crippen LogP contribution in [0.1, 0.15) is 13.3 Å². The van der Waals surface area contributed by atoms with Crippen LogP contribution < -0.4 is 5.32 Å². The zero-order chi connectivity index (χ0) is 15.2. The molecule has 112 valence electrons. The summed E-state index contributed by atoms with van der Waals surface area (Å²) in [5.41, 5.74) is 0.667. The zero-order valence-electron chi connectivity index (χ0n) is 11.5. The van der Waals surface area contributed by atoms with Crippen LogP contribution in [0.4, 0.5) is 5.69 Å². The number of nitrogens with one attached hydrogen (secondary N) is 1. The molecule has 0 amide bonds. The molecule has 1 atom stereocenters. The van der Waals surface area contributed by atoms with Gasteiger partial charge in [-0.25, -0.2) is 8.42 Å². The van der Waals surface area contributed by atoms with Crippen LogP contribution in [-0.4, -0.2) is 45.0 Å². The quantitative estimate of drug-likeness (QED) is 0.724. The van der Waals surface area contributed by atoms with Crippen molar-refractivity contribution < 1.29 is 23.1 Å². The van der Waals surface area contributed by atoms with Gasteiger partial charge < -0.3 is 15.2 Å². The van der Waals surface area contributed by atoms with Crippen molar-refractivity contribution >= 4 is 21.5 Å². The Bertz CT molecular complexity index is 538. The molecule has 0 radical (unpaired) electrons. The molecule has 1 aromatic carbocycles. The standard InChI is InChI=1S/C13H19NO5S/c1-3-19-13(16)8-11(15)9-14-10-4-6-12(7-5-10)20(2,17)18/h4-7,11,14-15H,3,8-9H2,1-2H3. The number of esters is 1. The number of anilines is 1. The highest BCUT2D eigenvalue weighted by Crippen LogP contribution is 2.13. The normalized spacial score (nSPS) is 12.8. The van der Waals surface area contributed by atoms with Gasteiger partial charge in [0, 0.05) is 18.5 Å². The third kappa shape index (κ3) is 5.58. The number of hydrogen-bond donors (Lipinski definition) is 2. The van der Waals surface area contributed by atoms with E-state index in [0.717, 1.165) is 6.26 Å². The second-order valence-electron chi connectivity index (χ2n) is 4.34. The Hall–Kier alpha value is -1.60. The molecule has 0 aromatic heterocycles. The first kappa shape index (κ1) is 16.5. The van der Waals surface area contributed by atoms with Gasteiger partial charge in [-0.1, -0.05) is 0 Å². The minimum Gasteiger partial charge on any atom is -0.466 e. The van der Waals surface area contributed by atoms with Crippen LogP contribution in [0.5, 0.6) is 0 Å². The first-order valence-corrected chi connectivity index (χ1v) is 8.09. The minimum atomic E-state index is -3.21. The van der Waals surface area contributed by atoms with E-state index in [9.17, 15) is 18.3 Å². The molecular weight excluding hydrogens is 282 g/mol. The molecule has 20 heavy (non-hydrogen) atoms. The van der Waals surface area contributed by atoms with Crippen LogP contribution >= 0.6 is 0 Å². The monoisotopic (exact) mass is 301 g/mol. The molecule has 1 unspecified atom stereocenters. The van der Waals surface area contributed by atoms with Gasteiger partial charge in [-0.2, -0.15) is 0 Å². The van der Waals surface area contributed by atoms with E-state index in [2.05, 4.69) is 5.32 Å². The van der Waals surface area contributed by atoms with Gasteiger partial charge in [0.2, 0.25) is 0 Å². The number of hydrogen-bond acceptors (Lipinski definition) is 6. The molecule has 2 N–H and O–H groups in total. The predicted molar refractivity (Wildman–Crippen MR) is 75.3 cm³/mol. The van der Waals surface area contributed by atoms with Gasteiger partial charge in [-0.05, 0) is 31.2 Å². The number of carbonyl (C=O) groups excluding carboxylic acids is 1. The highest BCUT2D eigenvalue weighted by atomic mass is 32.2. The zero-order valence-corrected chi connectivity index (χ0v) is 12.3. The predicted octanol–water partition coefficient (Wildman–Crippen LogP) is 0.816. The van der Waals surface area contributed by atoms with E-state index < -0.39 is 21.9 Å². The molecule has 0 aliphatic heterocycles. The van der Waals surface area contributed by atoms with Crippen LogP contribution in [0, 0.1) is 0 Å². The van der Waals surface area contributed by atoms with E-state index in [1.807, 2.05) is 0 Å². The summed E-state index contributed by atoms with van der Waals surface area (Å²) < 4.78 is 27.3. The lowest BCUT2D eigenvalue weighted by Crippen LogP contribution is -2.23. The maximum Gasteiger partial charge on any atom is 0.308 e. The summed E-state index contributed by atoms with van der Waals surface area (Å²) >= 11 is 0. The fraction of sp³-hybridized carbons (Fsp3) is 0.462. The van der Waals surface area contributed by atoms with E-state index >= 15 is 0 Å². The molecule has 0 fully saturated rings. The summed E-state index contributed by atoms with van der Waals surface area (Å²) in [6.45, 7) is 2.16. The SMILES string of the molecule is CCOC(=O)CC(O)CNc1ccc(S(C)(=O)=O)cc1. The van der Waals surface area contributed by atoms with Crippen molar-refractivity contribution in [3.8, 4) is 0 Å². The van der Waals surface area contributed by atoms with E-state index in [1.165, 1.54) is 12.1 Å². The van der Waals surface area contributed by atoms with Crippen LogP contribution in [0.2, 0.25) is 0 Å². The summed E-state index contributed by atoms with van der Waals surface area (Å²) in [6.07, 6.45) is 0.199. The van der Waals surface area contributed by atoms with Gasteiger partial charge in [0.25, 0.3) is 0 Å². The van der Waals surface area contributed by atoms with Crippen LogP contribution in [0.3, 0.4) is 0 Å². The molecule has 0 saturated carbocycles. The van der Waals surface area contributed by atoms with E-state index in [4.69, 9.17) is 4.74 Å². The molecular formula is C13H19NO5S. The highest BCUT2D eigenvalue weighted by molar-refractivity contribution is 7.90. The smallest absolute Gasteiger partial charge is 0.308 e. The van der Waals surface area contributed by atoms with Crippen molar-refractivity contribution in [2.45, 2.75) is 24.3 Å². The van der Waals surface area contributed by atoms with Crippen molar-refractivity contribution in [3.05, 3.63) is 24.3 Å². The Morgan fingerprint density at radius 3 is 2.45 bits per heavy atom. The lowest BCUT2D eigenvalue weighted by atomic mass is 10.2. The summed E-state index contributed by atoms with van der Waals surface area (Å²) in [5.74, 6) is -0.450. The molecule has 0 aliphatic carbocycles. The fourth-order valence-electron chi connectivity index (χ4n) is 1.54. The molecule has 0 spiro atoms. The van der Waals surface area contributed by atoms with Crippen molar-refractivity contribution in [1.29, 1.82) is 0 Å². The topological polar surface area (TPSA) is 92.7 Å².